The molecule has 2 fully saturated rings. The van der Waals surface area contributed by atoms with E-state index in [4.69, 9.17) is 10.5 Å². The van der Waals surface area contributed by atoms with Gasteiger partial charge < -0.3 is 30.9 Å². The molecule has 3 aliphatic rings. The van der Waals surface area contributed by atoms with E-state index in [0.29, 0.717) is 37.5 Å². The predicted octanol–water partition coefficient (Wildman–Crippen LogP) is 3.60. The second-order valence-corrected chi connectivity index (χ2v) is 10.5. The van der Waals surface area contributed by atoms with E-state index >= 15 is 0 Å². The maximum atomic E-state index is 13.2. The predicted molar refractivity (Wildman–Crippen MR) is 152 cm³/mol. The van der Waals surface area contributed by atoms with Crippen molar-refractivity contribution in [3.63, 3.8) is 0 Å². The van der Waals surface area contributed by atoms with Gasteiger partial charge in [-0.05, 0) is 81.1 Å². The number of pyridine rings is 1. The molecular weight excluding hydrogens is 494 g/mol. The van der Waals surface area contributed by atoms with Crippen molar-refractivity contribution in [1.29, 1.82) is 0 Å². The van der Waals surface area contributed by atoms with Crippen LogP contribution in [0.1, 0.15) is 48.5 Å². The summed E-state index contributed by atoms with van der Waals surface area (Å²) in [5.74, 6) is 0.783. The van der Waals surface area contributed by atoms with Crippen LogP contribution in [0, 0.1) is 5.41 Å². The molecule has 39 heavy (non-hydrogen) atoms. The van der Waals surface area contributed by atoms with E-state index in [1.54, 1.807) is 18.0 Å². The fourth-order valence-corrected chi connectivity index (χ4v) is 5.72. The third-order valence-electron chi connectivity index (χ3n) is 7.78. The number of hydrogen-bond donors (Lipinski definition) is 3. The van der Waals surface area contributed by atoms with Gasteiger partial charge in [-0.25, -0.2) is 9.78 Å². The van der Waals surface area contributed by atoms with E-state index in [2.05, 4.69) is 20.6 Å². The van der Waals surface area contributed by atoms with Gasteiger partial charge in [-0.2, -0.15) is 4.99 Å². The lowest BCUT2D eigenvalue weighted by Gasteiger charge is -2.40. The second-order valence-electron chi connectivity index (χ2n) is 10.5. The highest BCUT2D eigenvalue weighted by Gasteiger charge is 2.39. The molecule has 1 aromatic heterocycles. The van der Waals surface area contributed by atoms with Crippen molar-refractivity contribution in [3.8, 4) is 0 Å². The van der Waals surface area contributed by atoms with Crippen molar-refractivity contribution in [3.05, 3.63) is 59.8 Å². The molecular formula is C29H37N7O3. The maximum absolute atomic E-state index is 13.2. The number of nitrogens with two attached hydrogens (primary N) is 1. The first-order chi connectivity index (χ1) is 19.0. The molecule has 1 aromatic carbocycles. The molecule has 3 aliphatic heterocycles. The van der Waals surface area contributed by atoms with Crippen LogP contribution in [0.2, 0.25) is 0 Å². The molecule has 0 aliphatic carbocycles. The highest BCUT2D eigenvalue weighted by Crippen LogP contribution is 2.36. The summed E-state index contributed by atoms with van der Waals surface area (Å²) < 4.78 is 5.10. The average Bonchev–Trinajstić information content (AvgIpc) is 3.40. The zero-order valence-corrected chi connectivity index (χ0v) is 22.5. The molecule has 1 atom stereocenters. The van der Waals surface area contributed by atoms with Gasteiger partial charge >= 0.3 is 6.09 Å². The van der Waals surface area contributed by atoms with Crippen LogP contribution in [-0.2, 0) is 4.74 Å². The van der Waals surface area contributed by atoms with Crippen molar-refractivity contribution < 1.29 is 14.3 Å². The Balaban J connectivity index is 1.23. The van der Waals surface area contributed by atoms with Gasteiger partial charge in [0.1, 0.15) is 0 Å². The fourth-order valence-electron chi connectivity index (χ4n) is 5.72. The van der Waals surface area contributed by atoms with E-state index in [-0.39, 0.29) is 23.4 Å². The van der Waals surface area contributed by atoms with Gasteiger partial charge in [0, 0.05) is 61.1 Å². The Hall–Kier alpha value is -3.92. The summed E-state index contributed by atoms with van der Waals surface area (Å²) in [5, 5.41) is 6.57. The molecule has 10 nitrogen and oxygen atoms in total. The van der Waals surface area contributed by atoms with Crippen molar-refractivity contribution in [2.24, 2.45) is 16.1 Å². The number of nitrogens with one attached hydrogen (secondary N) is 2. The smallest absolute Gasteiger partial charge is 0.410 e. The summed E-state index contributed by atoms with van der Waals surface area (Å²) >= 11 is 0. The Bertz CT molecular complexity index is 1250. The van der Waals surface area contributed by atoms with E-state index < -0.39 is 0 Å². The van der Waals surface area contributed by atoms with Gasteiger partial charge in [0.25, 0.3) is 5.91 Å². The molecule has 1 unspecified atom stereocenters. The number of hydrogen-bond acceptors (Lipinski definition) is 6. The van der Waals surface area contributed by atoms with E-state index in [0.717, 1.165) is 55.8 Å². The van der Waals surface area contributed by atoms with Crippen LogP contribution in [0.25, 0.3) is 5.57 Å². The summed E-state index contributed by atoms with van der Waals surface area (Å²) in [6, 6.07) is 11.2. The average molecular weight is 532 g/mol. The zero-order chi connectivity index (χ0) is 27.2. The number of aliphatic imine (C=N–C) groups is 1. The van der Waals surface area contributed by atoms with Crippen molar-refractivity contribution in [1.82, 2.24) is 20.1 Å². The number of carbonyl (C=O) groups excluding carboxylic acids is 2. The first-order valence-corrected chi connectivity index (χ1v) is 13.7. The molecule has 2 saturated heterocycles. The number of benzene rings is 1. The number of rotatable bonds is 5. The SMILES string of the molecule is CCOC(=O)N1CC=C(c2cccnc2N=C(N)Nc2ccc(C(=O)N3CCCC4(CCNC4)C3)cc2)CC1. The van der Waals surface area contributed by atoms with Gasteiger partial charge in [-0.15, -0.1) is 0 Å². The molecule has 1 spiro atoms. The second kappa shape index (κ2) is 11.9. The van der Waals surface area contributed by atoms with Gasteiger partial charge in [0.2, 0.25) is 0 Å². The third kappa shape index (κ3) is 6.22. The summed E-state index contributed by atoms with van der Waals surface area (Å²) in [6.07, 6.45) is 7.43. The lowest BCUT2D eigenvalue weighted by molar-refractivity contribution is 0.0553. The summed E-state index contributed by atoms with van der Waals surface area (Å²) in [5.41, 5.74) is 9.83. The highest BCUT2D eigenvalue weighted by atomic mass is 16.6. The molecule has 0 saturated carbocycles. The number of piperidine rings is 1. The Morgan fingerprint density at radius 3 is 2.74 bits per heavy atom. The van der Waals surface area contributed by atoms with Crippen LogP contribution < -0.4 is 16.4 Å². The largest absolute Gasteiger partial charge is 0.450 e. The van der Waals surface area contributed by atoms with Crippen LogP contribution >= 0.6 is 0 Å². The number of carbonyl (C=O) groups is 2. The molecule has 206 valence electrons. The zero-order valence-electron chi connectivity index (χ0n) is 22.5. The topological polar surface area (TPSA) is 125 Å². The number of ether oxygens (including phenoxy) is 1. The minimum absolute atomic E-state index is 0.0783. The van der Waals surface area contributed by atoms with Crippen LogP contribution in [0.4, 0.5) is 16.3 Å². The van der Waals surface area contributed by atoms with E-state index in [1.807, 2.05) is 47.4 Å². The monoisotopic (exact) mass is 531 g/mol. The summed E-state index contributed by atoms with van der Waals surface area (Å²) in [4.78, 5) is 37.8. The van der Waals surface area contributed by atoms with Gasteiger partial charge in [0.05, 0.1) is 6.61 Å². The first kappa shape index (κ1) is 26.7. The minimum atomic E-state index is -0.302. The standard InChI is InChI=1S/C29H37N7O3/c1-2-39-28(38)35-17-10-21(11-18-35)24-5-3-14-32-25(24)34-27(30)33-23-8-6-22(7-9-23)26(37)36-16-4-12-29(20-36)13-15-31-19-29/h3,5-10,14,31H,2,4,11-13,15-20H2,1H3,(H3,30,32,33,34). The quantitative estimate of drug-likeness (QED) is 0.398. The normalized spacial score (nSPS) is 21.6. The van der Waals surface area contributed by atoms with Crippen LogP contribution in [0.3, 0.4) is 0 Å². The number of amides is 2. The number of nitrogens with zero attached hydrogens (tertiary/aromatic N) is 4. The van der Waals surface area contributed by atoms with Crippen LogP contribution in [-0.4, -0.2) is 78.6 Å². The van der Waals surface area contributed by atoms with Gasteiger partial charge in [-0.1, -0.05) is 6.08 Å². The molecule has 0 radical (unpaired) electrons. The maximum Gasteiger partial charge on any atom is 0.410 e. The van der Waals surface area contributed by atoms with Crippen molar-refractivity contribution in [2.75, 3.05) is 51.2 Å². The fraction of sp³-hybridized carbons (Fsp3) is 0.448. The Kier molecular flexibility index (Phi) is 8.11. The van der Waals surface area contributed by atoms with Gasteiger partial charge in [0.15, 0.2) is 11.8 Å². The van der Waals surface area contributed by atoms with Crippen molar-refractivity contribution >= 4 is 35.0 Å². The molecule has 2 aromatic rings. The minimum Gasteiger partial charge on any atom is -0.450 e. The molecule has 0 bridgehead atoms. The number of likely N-dealkylation sites (tertiary alicyclic amines) is 1. The summed E-state index contributed by atoms with van der Waals surface area (Å²) in [6.45, 7) is 6.86. The Morgan fingerprint density at radius 2 is 2.03 bits per heavy atom. The number of anilines is 1. The molecule has 4 heterocycles. The van der Waals surface area contributed by atoms with E-state index in [1.165, 1.54) is 6.42 Å². The summed E-state index contributed by atoms with van der Waals surface area (Å²) in [7, 11) is 0. The van der Waals surface area contributed by atoms with Crippen molar-refractivity contribution in [2.45, 2.75) is 32.6 Å². The first-order valence-electron chi connectivity index (χ1n) is 13.7. The molecule has 2 amide bonds. The highest BCUT2D eigenvalue weighted by molar-refractivity contribution is 5.97. The van der Waals surface area contributed by atoms with Crippen LogP contribution in [0.5, 0.6) is 0 Å². The number of aromatic nitrogens is 1. The Morgan fingerprint density at radius 1 is 1.18 bits per heavy atom. The third-order valence-corrected chi connectivity index (χ3v) is 7.78. The molecule has 5 rings (SSSR count). The Labute approximate surface area is 229 Å². The molecule has 10 heteroatoms. The van der Waals surface area contributed by atoms with Crippen LogP contribution in [0.15, 0.2) is 53.7 Å². The van der Waals surface area contributed by atoms with Gasteiger partial charge in [-0.3, -0.25) is 4.79 Å². The molecule has 4 N–H and O–H groups in total. The number of guanidine groups is 1. The lowest BCUT2D eigenvalue weighted by Crippen LogP contribution is -2.47. The van der Waals surface area contributed by atoms with E-state index in [9.17, 15) is 9.59 Å². The lowest BCUT2D eigenvalue weighted by atomic mass is 9.79.